The standard InChI is InChI=1S/C17H15ClN2O/c1-12-19-20-17(21-12)10-13-2-6-15(7-3-13)16-8-4-14(11-18)5-9-16/h2-9H,10-11H2,1H3. The molecule has 0 amide bonds. The van der Waals surface area contributed by atoms with Crippen LogP contribution in [-0.4, -0.2) is 10.2 Å². The lowest BCUT2D eigenvalue weighted by Crippen LogP contribution is -1.88. The van der Waals surface area contributed by atoms with Crippen molar-refractivity contribution in [3.63, 3.8) is 0 Å². The van der Waals surface area contributed by atoms with Crippen LogP contribution in [0.4, 0.5) is 0 Å². The molecule has 1 heterocycles. The summed E-state index contributed by atoms with van der Waals surface area (Å²) in [7, 11) is 0. The summed E-state index contributed by atoms with van der Waals surface area (Å²) in [5.41, 5.74) is 4.65. The third-order valence-corrected chi connectivity index (χ3v) is 3.63. The van der Waals surface area contributed by atoms with E-state index in [0.29, 0.717) is 24.1 Å². The fraction of sp³-hybridized carbons (Fsp3) is 0.176. The Labute approximate surface area is 128 Å². The highest BCUT2D eigenvalue weighted by Crippen LogP contribution is 2.21. The average molecular weight is 299 g/mol. The third-order valence-electron chi connectivity index (χ3n) is 3.32. The normalized spacial score (nSPS) is 10.8. The number of benzene rings is 2. The van der Waals surface area contributed by atoms with Crippen molar-refractivity contribution in [2.45, 2.75) is 19.2 Å². The molecule has 3 nitrogen and oxygen atoms in total. The van der Waals surface area contributed by atoms with Gasteiger partial charge in [-0.1, -0.05) is 48.5 Å². The van der Waals surface area contributed by atoms with E-state index in [-0.39, 0.29) is 0 Å². The maximum atomic E-state index is 5.80. The second kappa shape index (κ2) is 6.10. The summed E-state index contributed by atoms with van der Waals surface area (Å²) >= 11 is 5.80. The van der Waals surface area contributed by atoms with Gasteiger partial charge in [-0.2, -0.15) is 0 Å². The second-order valence-electron chi connectivity index (χ2n) is 4.92. The Morgan fingerprint density at radius 3 is 1.90 bits per heavy atom. The molecule has 0 aliphatic heterocycles. The number of aryl methyl sites for hydroxylation is 1. The van der Waals surface area contributed by atoms with Crippen molar-refractivity contribution in [3.05, 3.63) is 71.4 Å². The van der Waals surface area contributed by atoms with Gasteiger partial charge >= 0.3 is 0 Å². The van der Waals surface area contributed by atoms with Crippen molar-refractivity contribution < 1.29 is 4.42 Å². The summed E-state index contributed by atoms with van der Waals surface area (Å²) in [6.45, 7) is 1.80. The molecule has 0 atom stereocenters. The van der Waals surface area contributed by atoms with Crippen molar-refractivity contribution >= 4 is 11.6 Å². The lowest BCUT2D eigenvalue weighted by molar-refractivity contribution is 0.477. The van der Waals surface area contributed by atoms with Gasteiger partial charge in [0.05, 0.1) is 6.42 Å². The molecule has 0 saturated carbocycles. The van der Waals surface area contributed by atoms with Crippen LogP contribution in [0.1, 0.15) is 22.9 Å². The molecule has 21 heavy (non-hydrogen) atoms. The molecule has 0 spiro atoms. The smallest absolute Gasteiger partial charge is 0.220 e. The van der Waals surface area contributed by atoms with Crippen LogP contribution in [0.2, 0.25) is 0 Å². The predicted molar refractivity (Wildman–Crippen MR) is 83.3 cm³/mol. The molecule has 2 aromatic carbocycles. The van der Waals surface area contributed by atoms with Gasteiger partial charge in [-0.25, -0.2) is 0 Å². The molecule has 0 unspecified atom stereocenters. The molecular weight excluding hydrogens is 284 g/mol. The number of rotatable bonds is 4. The molecule has 1 aromatic heterocycles. The summed E-state index contributed by atoms with van der Waals surface area (Å²) in [5, 5.41) is 7.85. The molecule has 0 radical (unpaired) electrons. The molecule has 0 saturated heterocycles. The predicted octanol–water partition coefficient (Wildman–Crippen LogP) is 4.37. The first-order valence-corrected chi connectivity index (χ1v) is 7.31. The number of hydrogen-bond acceptors (Lipinski definition) is 3. The van der Waals surface area contributed by atoms with E-state index in [1.54, 1.807) is 6.92 Å². The fourth-order valence-electron chi connectivity index (χ4n) is 2.18. The molecular formula is C17H15ClN2O. The first-order valence-electron chi connectivity index (χ1n) is 6.78. The molecule has 4 heteroatoms. The largest absolute Gasteiger partial charge is 0.425 e. The third kappa shape index (κ3) is 3.31. The lowest BCUT2D eigenvalue weighted by atomic mass is 10.0. The van der Waals surface area contributed by atoms with Crippen molar-refractivity contribution in [2.24, 2.45) is 0 Å². The second-order valence-corrected chi connectivity index (χ2v) is 5.19. The van der Waals surface area contributed by atoms with Crippen LogP contribution in [0.5, 0.6) is 0 Å². The summed E-state index contributed by atoms with van der Waals surface area (Å²) in [5.74, 6) is 1.79. The first kappa shape index (κ1) is 13.8. The minimum absolute atomic E-state index is 0.544. The SMILES string of the molecule is Cc1nnc(Cc2ccc(-c3ccc(CCl)cc3)cc2)o1. The number of hydrogen-bond donors (Lipinski definition) is 0. The molecule has 0 fully saturated rings. The van der Waals surface area contributed by atoms with Crippen molar-refractivity contribution in [2.75, 3.05) is 0 Å². The number of nitrogens with zero attached hydrogens (tertiary/aromatic N) is 2. The highest BCUT2D eigenvalue weighted by molar-refractivity contribution is 6.17. The van der Waals surface area contributed by atoms with Crippen molar-refractivity contribution in [1.29, 1.82) is 0 Å². The summed E-state index contributed by atoms with van der Waals surface area (Å²) in [4.78, 5) is 0. The van der Waals surface area contributed by atoms with Crippen LogP contribution in [0.25, 0.3) is 11.1 Å². The van der Waals surface area contributed by atoms with Gasteiger partial charge in [-0.05, 0) is 22.3 Å². The van der Waals surface area contributed by atoms with Gasteiger partial charge in [0.1, 0.15) is 0 Å². The van der Waals surface area contributed by atoms with E-state index in [1.165, 1.54) is 11.1 Å². The van der Waals surface area contributed by atoms with Gasteiger partial charge in [0, 0.05) is 12.8 Å². The fourth-order valence-corrected chi connectivity index (χ4v) is 2.36. The Morgan fingerprint density at radius 2 is 1.43 bits per heavy atom. The minimum Gasteiger partial charge on any atom is -0.425 e. The quantitative estimate of drug-likeness (QED) is 0.671. The monoisotopic (exact) mass is 298 g/mol. The van der Waals surface area contributed by atoms with E-state index in [9.17, 15) is 0 Å². The zero-order valence-corrected chi connectivity index (χ0v) is 12.5. The Bertz CT molecular complexity index is 717. The Morgan fingerprint density at radius 1 is 0.857 bits per heavy atom. The van der Waals surface area contributed by atoms with Crippen LogP contribution < -0.4 is 0 Å². The van der Waals surface area contributed by atoms with Gasteiger partial charge in [0.15, 0.2) is 0 Å². The molecule has 106 valence electrons. The van der Waals surface area contributed by atoms with Gasteiger partial charge < -0.3 is 4.42 Å². The van der Waals surface area contributed by atoms with E-state index in [4.69, 9.17) is 16.0 Å². The van der Waals surface area contributed by atoms with Gasteiger partial charge in [-0.15, -0.1) is 21.8 Å². The highest BCUT2D eigenvalue weighted by Gasteiger charge is 2.04. The number of halogens is 1. The van der Waals surface area contributed by atoms with Gasteiger partial charge in [0.2, 0.25) is 11.8 Å². The van der Waals surface area contributed by atoms with Crippen LogP contribution in [0, 0.1) is 6.92 Å². The lowest BCUT2D eigenvalue weighted by Gasteiger charge is -2.04. The first-order chi connectivity index (χ1) is 10.2. The van der Waals surface area contributed by atoms with E-state index >= 15 is 0 Å². The maximum absolute atomic E-state index is 5.80. The topological polar surface area (TPSA) is 38.9 Å². The van der Waals surface area contributed by atoms with Crippen LogP contribution >= 0.6 is 11.6 Å². The Hall–Kier alpha value is -2.13. The zero-order chi connectivity index (χ0) is 14.7. The van der Waals surface area contributed by atoms with Crippen LogP contribution in [0.3, 0.4) is 0 Å². The maximum Gasteiger partial charge on any atom is 0.220 e. The van der Waals surface area contributed by atoms with E-state index in [2.05, 4.69) is 58.7 Å². The number of aromatic nitrogens is 2. The molecule has 3 aromatic rings. The van der Waals surface area contributed by atoms with Gasteiger partial charge in [0.25, 0.3) is 0 Å². The van der Waals surface area contributed by atoms with Crippen LogP contribution in [-0.2, 0) is 12.3 Å². The Balaban J connectivity index is 1.76. The molecule has 3 rings (SSSR count). The molecule has 0 bridgehead atoms. The summed E-state index contributed by atoms with van der Waals surface area (Å²) < 4.78 is 5.39. The number of alkyl halides is 1. The van der Waals surface area contributed by atoms with E-state index < -0.39 is 0 Å². The highest BCUT2D eigenvalue weighted by atomic mass is 35.5. The molecule has 0 aliphatic carbocycles. The average Bonchev–Trinajstić information content (AvgIpc) is 2.93. The van der Waals surface area contributed by atoms with Crippen molar-refractivity contribution in [1.82, 2.24) is 10.2 Å². The summed E-state index contributed by atoms with van der Waals surface area (Å²) in [6, 6.07) is 16.7. The molecule has 0 aliphatic rings. The van der Waals surface area contributed by atoms with Crippen LogP contribution in [0.15, 0.2) is 52.9 Å². The molecule has 0 N–H and O–H groups in total. The van der Waals surface area contributed by atoms with Crippen molar-refractivity contribution in [3.8, 4) is 11.1 Å². The summed E-state index contributed by atoms with van der Waals surface area (Å²) in [6.07, 6.45) is 0.659. The minimum atomic E-state index is 0.544. The Kier molecular flexibility index (Phi) is 4.02. The van der Waals surface area contributed by atoms with Gasteiger partial charge in [-0.3, -0.25) is 0 Å². The van der Waals surface area contributed by atoms with E-state index in [0.717, 1.165) is 11.1 Å². The van der Waals surface area contributed by atoms with E-state index in [1.807, 2.05) is 0 Å². The zero-order valence-electron chi connectivity index (χ0n) is 11.7.